The minimum atomic E-state index is 0.0727. The van der Waals surface area contributed by atoms with Gasteiger partial charge in [0.2, 0.25) is 0 Å². The number of hydrogen-bond donors (Lipinski definition) is 3. The molecule has 0 aliphatic carbocycles. The molecule has 1 saturated heterocycles. The molecule has 38 heavy (non-hydrogen) atoms. The number of aryl methyl sites for hydroxylation is 1. The standard InChI is InChI=1S/C28H34BrN5O4/c1-19-2-5-23-22(16-19)26(27(31-23)25-21-4-3-20(29)17-24(21)32-28(25)36)30-18-38-14-11-34-8-6-33(7-9-34)10-13-37-15-12-35/h2-5,16-17,32,35-36H,6-15,18H2,1H3. The highest BCUT2D eigenvalue weighted by molar-refractivity contribution is 9.10. The number of hydrogen-bond acceptors (Lipinski definition) is 8. The molecule has 10 heteroatoms. The summed E-state index contributed by atoms with van der Waals surface area (Å²) >= 11 is 3.50. The van der Waals surface area contributed by atoms with Crippen LogP contribution in [0.1, 0.15) is 16.7 Å². The zero-order valence-corrected chi connectivity index (χ0v) is 23.2. The Labute approximate surface area is 230 Å². The van der Waals surface area contributed by atoms with Gasteiger partial charge >= 0.3 is 0 Å². The molecule has 0 amide bonds. The molecule has 2 aromatic carbocycles. The first-order valence-electron chi connectivity index (χ1n) is 13.0. The van der Waals surface area contributed by atoms with Gasteiger partial charge < -0.3 is 24.7 Å². The molecule has 0 atom stereocenters. The molecule has 0 spiro atoms. The van der Waals surface area contributed by atoms with Crippen molar-refractivity contribution in [2.24, 2.45) is 9.98 Å². The van der Waals surface area contributed by atoms with Crippen LogP contribution in [0.4, 0.5) is 5.69 Å². The number of benzene rings is 2. The van der Waals surface area contributed by atoms with Crippen LogP contribution in [0.25, 0.3) is 10.9 Å². The second kappa shape index (κ2) is 12.5. The van der Waals surface area contributed by atoms with Crippen molar-refractivity contribution in [1.29, 1.82) is 0 Å². The highest BCUT2D eigenvalue weighted by atomic mass is 79.9. The zero-order chi connectivity index (χ0) is 26.5. The lowest BCUT2D eigenvalue weighted by molar-refractivity contribution is 0.0482. The summed E-state index contributed by atoms with van der Waals surface area (Å²) in [6.07, 6.45) is 0. The van der Waals surface area contributed by atoms with E-state index in [4.69, 9.17) is 24.6 Å². The van der Waals surface area contributed by atoms with E-state index < -0.39 is 0 Å². The fourth-order valence-electron chi connectivity index (χ4n) is 4.93. The Balaban J connectivity index is 1.21. The second-order valence-electron chi connectivity index (χ2n) is 9.58. The van der Waals surface area contributed by atoms with E-state index in [-0.39, 0.29) is 19.2 Å². The molecule has 2 aliphatic heterocycles. The van der Waals surface area contributed by atoms with Crippen LogP contribution in [-0.4, -0.2) is 109 Å². The molecule has 1 fully saturated rings. The molecule has 5 rings (SSSR count). The molecule has 0 saturated carbocycles. The van der Waals surface area contributed by atoms with Gasteiger partial charge in [0.25, 0.3) is 0 Å². The van der Waals surface area contributed by atoms with Crippen molar-refractivity contribution in [2.45, 2.75) is 6.92 Å². The predicted molar refractivity (Wildman–Crippen MR) is 153 cm³/mol. The summed E-state index contributed by atoms with van der Waals surface area (Å²) in [4.78, 5) is 17.5. The minimum Gasteiger partial charge on any atom is -0.494 e. The summed E-state index contributed by atoms with van der Waals surface area (Å²) in [6, 6.07) is 12.0. The van der Waals surface area contributed by atoms with Crippen molar-refractivity contribution in [2.75, 3.05) is 72.4 Å². The third-order valence-corrected chi connectivity index (χ3v) is 7.45. The second-order valence-corrected chi connectivity index (χ2v) is 10.5. The van der Waals surface area contributed by atoms with Gasteiger partial charge in [-0.3, -0.25) is 14.8 Å². The number of aliphatic hydroxyl groups is 1. The quantitative estimate of drug-likeness (QED) is 0.298. The fraction of sp³-hybridized carbons (Fsp3) is 0.429. The molecular formula is C28H34BrN5O4. The van der Waals surface area contributed by atoms with Crippen LogP contribution < -0.4 is 0 Å². The van der Waals surface area contributed by atoms with Gasteiger partial charge in [-0.05, 0) is 31.2 Å². The number of H-pyrrole nitrogens is 1. The largest absolute Gasteiger partial charge is 0.494 e. The summed E-state index contributed by atoms with van der Waals surface area (Å²) in [7, 11) is 0. The number of aromatic nitrogens is 1. The van der Waals surface area contributed by atoms with Gasteiger partial charge in [0.15, 0.2) is 5.88 Å². The van der Waals surface area contributed by atoms with Gasteiger partial charge in [-0.25, -0.2) is 4.99 Å². The Morgan fingerprint density at radius 3 is 2.47 bits per heavy atom. The van der Waals surface area contributed by atoms with E-state index in [2.05, 4.69) is 43.7 Å². The molecule has 2 aliphatic rings. The summed E-state index contributed by atoms with van der Waals surface area (Å²) in [6.45, 7) is 9.76. The Bertz CT molecular complexity index is 1330. The van der Waals surface area contributed by atoms with E-state index in [0.717, 1.165) is 77.2 Å². The third kappa shape index (κ3) is 6.17. The molecule has 1 aromatic heterocycles. The third-order valence-electron chi connectivity index (χ3n) is 6.96. The summed E-state index contributed by atoms with van der Waals surface area (Å²) in [5.41, 5.74) is 5.79. The Hall–Kier alpha value is -2.60. The smallest absolute Gasteiger partial charge is 0.199 e. The number of halogens is 1. The minimum absolute atomic E-state index is 0.0727. The maximum absolute atomic E-state index is 10.8. The monoisotopic (exact) mass is 583 g/mol. The van der Waals surface area contributed by atoms with E-state index >= 15 is 0 Å². The average molecular weight is 585 g/mol. The van der Waals surface area contributed by atoms with E-state index in [9.17, 15) is 5.11 Å². The molecule has 3 N–H and O–H groups in total. The van der Waals surface area contributed by atoms with Crippen LogP contribution in [0.15, 0.2) is 50.9 Å². The first kappa shape index (κ1) is 27.0. The summed E-state index contributed by atoms with van der Waals surface area (Å²) < 4.78 is 12.2. The molecule has 0 unspecified atom stereocenters. The number of piperazine rings is 1. The SMILES string of the molecule is Cc1ccc2c(c1)C(=NCOCCN1CCN(CCOCCO)CC1)C(c1c(O)[nH]c3cc(Br)ccc13)=N2. The first-order valence-corrected chi connectivity index (χ1v) is 13.8. The molecule has 0 bridgehead atoms. The predicted octanol–water partition coefficient (Wildman–Crippen LogP) is 3.47. The number of aliphatic hydroxyl groups excluding tert-OH is 1. The van der Waals surface area contributed by atoms with Crippen molar-refractivity contribution < 1.29 is 19.7 Å². The lowest BCUT2D eigenvalue weighted by Gasteiger charge is -2.34. The maximum atomic E-state index is 10.8. The van der Waals surface area contributed by atoms with E-state index in [0.29, 0.717) is 31.1 Å². The Morgan fingerprint density at radius 2 is 1.74 bits per heavy atom. The van der Waals surface area contributed by atoms with Gasteiger partial charge in [-0.2, -0.15) is 0 Å². The van der Waals surface area contributed by atoms with Gasteiger partial charge in [-0.1, -0.05) is 33.6 Å². The Morgan fingerprint density at radius 1 is 1.00 bits per heavy atom. The van der Waals surface area contributed by atoms with Gasteiger partial charge in [0, 0.05) is 54.7 Å². The molecule has 9 nitrogen and oxygen atoms in total. The molecule has 0 radical (unpaired) electrons. The van der Waals surface area contributed by atoms with Crippen molar-refractivity contribution in [3.63, 3.8) is 0 Å². The van der Waals surface area contributed by atoms with Crippen molar-refractivity contribution in [3.05, 3.63) is 57.6 Å². The number of ether oxygens (including phenoxy) is 2. The molecule has 3 aromatic rings. The van der Waals surface area contributed by atoms with Crippen LogP contribution in [0.2, 0.25) is 0 Å². The van der Waals surface area contributed by atoms with Crippen LogP contribution in [0, 0.1) is 6.92 Å². The van der Waals surface area contributed by atoms with Crippen LogP contribution in [0.3, 0.4) is 0 Å². The lowest BCUT2D eigenvalue weighted by atomic mass is 10.00. The molecular weight excluding hydrogens is 550 g/mol. The number of aliphatic imine (C=N–C) groups is 2. The normalized spacial score (nSPS) is 17.4. The summed E-state index contributed by atoms with van der Waals surface area (Å²) in [5, 5.41) is 20.5. The summed E-state index contributed by atoms with van der Waals surface area (Å²) in [5.74, 6) is 0.0779. The van der Waals surface area contributed by atoms with E-state index in [1.807, 2.05) is 30.3 Å². The number of nitrogens with zero attached hydrogens (tertiary/aromatic N) is 4. The first-order chi connectivity index (χ1) is 18.5. The average Bonchev–Trinajstić information content (AvgIpc) is 3.42. The van der Waals surface area contributed by atoms with Crippen LogP contribution in [0.5, 0.6) is 5.88 Å². The van der Waals surface area contributed by atoms with Gasteiger partial charge in [-0.15, -0.1) is 0 Å². The Kier molecular flexibility index (Phi) is 8.88. The molecule has 3 heterocycles. The van der Waals surface area contributed by atoms with Gasteiger partial charge in [0.1, 0.15) is 12.4 Å². The van der Waals surface area contributed by atoms with Crippen LogP contribution in [-0.2, 0) is 9.47 Å². The van der Waals surface area contributed by atoms with Crippen molar-refractivity contribution in [3.8, 4) is 5.88 Å². The zero-order valence-electron chi connectivity index (χ0n) is 21.6. The van der Waals surface area contributed by atoms with Crippen LogP contribution >= 0.6 is 15.9 Å². The van der Waals surface area contributed by atoms with Gasteiger partial charge in [0.05, 0.1) is 48.9 Å². The highest BCUT2D eigenvalue weighted by Gasteiger charge is 2.28. The topological polar surface area (TPSA) is 106 Å². The van der Waals surface area contributed by atoms with E-state index in [1.165, 1.54) is 0 Å². The number of fused-ring (bicyclic) bond motifs is 2. The number of nitrogens with one attached hydrogen (secondary N) is 1. The number of aromatic amines is 1. The highest BCUT2D eigenvalue weighted by Crippen LogP contribution is 2.36. The van der Waals surface area contributed by atoms with E-state index in [1.54, 1.807) is 0 Å². The van der Waals surface area contributed by atoms with Crippen molar-refractivity contribution >= 4 is 43.9 Å². The molecule has 202 valence electrons. The fourth-order valence-corrected chi connectivity index (χ4v) is 5.29. The number of rotatable bonds is 11. The lowest BCUT2D eigenvalue weighted by Crippen LogP contribution is -2.48. The van der Waals surface area contributed by atoms with Crippen molar-refractivity contribution in [1.82, 2.24) is 14.8 Å². The maximum Gasteiger partial charge on any atom is 0.199 e. The number of aromatic hydroxyl groups is 1.